The van der Waals surface area contributed by atoms with Gasteiger partial charge in [-0.25, -0.2) is 10.5 Å². The van der Waals surface area contributed by atoms with E-state index in [0.29, 0.717) is 6.42 Å². The first-order chi connectivity index (χ1) is 9.72. The van der Waals surface area contributed by atoms with E-state index in [9.17, 15) is 4.79 Å². The molecule has 0 aliphatic carbocycles. The average molecular weight is 293 g/mol. The van der Waals surface area contributed by atoms with Gasteiger partial charge in [-0.2, -0.15) is 0 Å². The predicted molar refractivity (Wildman–Crippen MR) is 79.8 cm³/mol. The van der Waals surface area contributed by atoms with Gasteiger partial charge in [-0.15, -0.1) is 0 Å². The van der Waals surface area contributed by atoms with E-state index in [2.05, 4.69) is 15.6 Å². The molecule has 6 heteroatoms. The van der Waals surface area contributed by atoms with Gasteiger partial charge in [-0.05, 0) is 25.0 Å². The molecule has 20 heavy (non-hydrogen) atoms. The summed E-state index contributed by atoms with van der Waals surface area (Å²) in [6.45, 7) is 0. The van der Waals surface area contributed by atoms with Gasteiger partial charge in [-0.3, -0.25) is 10.0 Å². The smallest absolute Gasteiger partial charge is 0.243 e. The molecule has 108 valence electrons. The second kappa shape index (κ2) is 7.31. The number of fused-ring (bicyclic) bond motifs is 1. The molecule has 1 amide bonds. The Morgan fingerprint density at radius 2 is 2.15 bits per heavy atom. The van der Waals surface area contributed by atoms with Crippen LogP contribution in [0.5, 0.6) is 0 Å². The number of benzene rings is 1. The molecular formula is C14H19N3O2S. The number of hydrogen-bond donors (Lipinski definition) is 2. The molecule has 1 heterocycles. The van der Waals surface area contributed by atoms with Crippen molar-refractivity contribution in [3.8, 4) is 0 Å². The lowest BCUT2D eigenvalue weighted by Gasteiger charge is -2.02. The maximum atomic E-state index is 10.8. The molecule has 0 aliphatic heterocycles. The molecule has 0 saturated carbocycles. The Morgan fingerprint density at radius 3 is 2.90 bits per heavy atom. The van der Waals surface area contributed by atoms with Gasteiger partial charge in [0.15, 0.2) is 5.16 Å². The first-order valence-electron chi connectivity index (χ1n) is 6.69. The number of aromatic nitrogens is 2. The van der Waals surface area contributed by atoms with Crippen LogP contribution in [0.15, 0.2) is 29.4 Å². The Balaban J connectivity index is 1.76. The van der Waals surface area contributed by atoms with E-state index < -0.39 is 0 Å². The van der Waals surface area contributed by atoms with Crippen molar-refractivity contribution in [2.24, 2.45) is 7.05 Å². The summed E-state index contributed by atoms with van der Waals surface area (Å²) >= 11 is 1.74. The summed E-state index contributed by atoms with van der Waals surface area (Å²) in [5.41, 5.74) is 3.82. The normalized spacial score (nSPS) is 10.9. The summed E-state index contributed by atoms with van der Waals surface area (Å²) in [7, 11) is 2.03. The van der Waals surface area contributed by atoms with Crippen molar-refractivity contribution < 1.29 is 10.0 Å². The number of carbonyl (C=O) groups excluding carboxylic acids is 1. The number of nitrogens with zero attached hydrogens (tertiary/aromatic N) is 2. The van der Waals surface area contributed by atoms with Gasteiger partial charge in [0.1, 0.15) is 0 Å². The summed E-state index contributed by atoms with van der Waals surface area (Å²) in [4.78, 5) is 15.4. The number of carbonyl (C=O) groups is 1. The number of para-hydroxylation sites is 2. The number of amides is 1. The lowest BCUT2D eigenvalue weighted by Crippen LogP contribution is -2.17. The van der Waals surface area contributed by atoms with Crippen molar-refractivity contribution in [3.63, 3.8) is 0 Å². The highest BCUT2D eigenvalue weighted by atomic mass is 32.2. The number of hydrogen-bond acceptors (Lipinski definition) is 4. The first kappa shape index (κ1) is 14.9. The first-order valence-corrected chi connectivity index (χ1v) is 7.68. The number of thioether (sulfide) groups is 1. The summed E-state index contributed by atoms with van der Waals surface area (Å²) < 4.78 is 2.11. The molecule has 0 bridgehead atoms. The molecule has 0 spiro atoms. The molecule has 0 atom stereocenters. The molecule has 0 unspecified atom stereocenters. The molecule has 0 radical (unpaired) electrons. The monoisotopic (exact) mass is 293 g/mol. The van der Waals surface area contributed by atoms with Crippen LogP contribution in [0.3, 0.4) is 0 Å². The van der Waals surface area contributed by atoms with Gasteiger partial charge >= 0.3 is 0 Å². The van der Waals surface area contributed by atoms with Crippen molar-refractivity contribution in [2.45, 2.75) is 30.8 Å². The molecule has 0 aliphatic rings. The fourth-order valence-electron chi connectivity index (χ4n) is 2.04. The lowest BCUT2D eigenvalue weighted by molar-refractivity contribution is -0.129. The van der Waals surface area contributed by atoms with Crippen LogP contribution in [0, 0.1) is 0 Å². The van der Waals surface area contributed by atoms with Gasteiger partial charge in [0, 0.05) is 19.2 Å². The van der Waals surface area contributed by atoms with Crippen molar-refractivity contribution in [1.82, 2.24) is 15.0 Å². The van der Waals surface area contributed by atoms with E-state index in [1.54, 1.807) is 17.2 Å². The Labute approximate surface area is 122 Å². The topological polar surface area (TPSA) is 67.2 Å². The SMILES string of the molecule is Cn1c(SCCCCCC(=O)NO)nc2ccccc21. The van der Waals surface area contributed by atoms with Crippen LogP contribution >= 0.6 is 11.8 Å². The van der Waals surface area contributed by atoms with Crippen LogP contribution in [-0.2, 0) is 11.8 Å². The zero-order valence-corrected chi connectivity index (χ0v) is 12.3. The number of aryl methyl sites for hydroxylation is 1. The quantitative estimate of drug-likeness (QED) is 0.356. The second-order valence-corrected chi connectivity index (χ2v) is 5.70. The highest BCUT2D eigenvalue weighted by Gasteiger charge is 2.07. The number of imidazole rings is 1. The molecule has 2 aromatic rings. The van der Waals surface area contributed by atoms with Crippen molar-refractivity contribution in [2.75, 3.05) is 5.75 Å². The van der Waals surface area contributed by atoms with Gasteiger partial charge in [0.25, 0.3) is 0 Å². The molecule has 0 saturated heterocycles. The number of nitrogens with one attached hydrogen (secondary N) is 1. The third-order valence-corrected chi connectivity index (χ3v) is 4.27. The lowest BCUT2D eigenvalue weighted by atomic mass is 10.2. The van der Waals surface area contributed by atoms with E-state index >= 15 is 0 Å². The summed E-state index contributed by atoms with van der Waals surface area (Å²) in [6.07, 6.45) is 3.19. The van der Waals surface area contributed by atoms with E-state index in [0.717, 1.165) is 41.2 Å². The van der Waals surface area contributed by atoms with Gasteiger partial charge in [0.05, 0.1) is 11.0 Å². The molecule has 2 N–H and O–H groups in total. The third-order valence-electron chi connectivity index (χ3n) is 3.15. The van der Waals surface area contributed by atoms with E-state index in [1.165, 1.54) is 0 Å². The minimum atomic E-state index is -0.312. The molecule has 5 nitrogen and oxygen atoms in total. The fraction of sp³-hybridized carbons (Fsp3) is 0.429. The molecule has 2 rings (SSSR count). The molecular weight excluding hydrogens is 274 g/mol. The van der Waals surface area contributed by atoms with Crippen LogP contribution in [0.1, 0.15) is 25.7 Å². The standard InChI is InChI=1S/C14H19N3O2S/c1-17-12-8-5-4-7-11(12)15-14(17)20-10-6-2-3-9-13(18)16-19/h4-5,7-8,19H,2-3,6,9-10H2,1H3,(H,16,18). The summed E-state index contributed by atoms with van der Waals surface area (Å²) in [5.74, 6) is 0.672. The largest absolute Gasteiger partial charge is 0.322 e. The Kier molecular flexibility index (Phi) is 5.43. The van der Waals surface area contributed by atoms with E-state index in [-0.39, 0.29) is 5.91 Å². The second-order valence-electron chi connectivity index (χ2n) is 4.64. The maximum absolute atomic E-state index is 10.8. The zero-order chi connectivity index (χ0) is 14.4. The number of unbranched alkanes of at least 4 members (excludes halogenated alkanes) is 2. The number of rotatable bonds is 7. The maximum Gasteiger partial charge on any atom is 0.243 e. The molecule has 0 fully saturated rings. The summed E-state index contributed by atoms with van der Waals surface area (Å²) in [5, 5.41) is 9.40. The van der Waals surface area contributed by atoms with Gasteiger partial charge in [-0.1, -0.05) is 30.3 Å². The van der Waals surface area contributed by atoms with Crippen molar-refractivity contribution >= 4 is 28.7 Å². The molecule has 1 aromatic heterocycles. The Bertz CT molecular complexity index is 583. The van der Waals surface area contributed by atoms with Crippen LogP contribution in [-0.4, -0.2) is 26.4 Å². The van der Waals surface area contributed by atoms with Crippen molar-refractivity contribution in [3.05, 3.63) is 24.3 Å². The minimum Gasteiger partial charge on any atom is -0.322 e. The fourth-order valence-corrected chi connectivity index (χ4v) is 3.02. The Hall–Kier alpha value is -1.53. The van der Waals surface area contributed by atoms with Crippen LogP contribution in [0.4, 0.5) is 0 Å². The van der Waals surface area contributed by atoms with Gasteiger partial charge < -0.3 is 4.57 Å². The Morgan fingerprint density at radius 1 is 1.35 bits per heavy atom. The zero-order valence-electron chi connectivity index (χ0n) is 11.5. The number of hydroxylamine groups is 1. The van der Waals surface area contributed by atoms with Crippen LogP contribution in [0.25, 0.3) is 11.0 Å². The van der Waals surface area contributed by atoms with E-state index in [4.69, 9.17) is 5.21 Å². The van der Waals surface area contributed by atoms with Crippen LogP contribution < -0.4 is 5.48 Å². The highest BCUT2D eigenvalue weighted by molar-refractivity contribution is 7.99. The predicted octanol–water partition coefficient (Wildman–Crippen LogP) is 2.73. The minimum absolute atomic E-state index is 0.312. The highest BCUT2D eigenvalue weighted by Crippen LogP contribution is 2.23. The van der Waals surface area contributed by atoms with Crippen molar-refractivity contribution in [1.29, 1.82) is 0 Å². The molecule has 1 aromatic carbocycles. The van der Waals surface area contributed by atoms with E-state index in [1.807, 2.05) is 25.2 Å². The van der Waals surface area contributed by atoms with Crippen LogP contribution in [0.2, 0.25) is 0 Å². The average Bonchev–Trinajstić information content (AvgIpc) is 2.79. The third kappa shape index (κ3) is 3.74. The summed E-state index contributed by atoms with van der Waals surface area (Å²) in [6, 6.07) is 8.10. The van der Waals surface area contributed by atoms with Gasteiger partial charge in [0.2, 0.25) is 5.91 Å².